The zero-order chi connectivity index (χ0) is 14.9. The lowest BCUT2D eigenvalue weighted by molar-refractivity contribution is 0.696. The lowest BCUT2D eigenvalue weighted by Crippen LogP contribution is -2.35. The normalized spacial score (nSPS) is 22.5. The van der Waals surface area contributed by atoms with Gasteiger partial charge in [0.15, 0.2) is 0 Å². The molecule has 0 bridgehead atoms. The average molecular weight is 284 g/mol. The van der Waals surface area contributed by atoms with Crippen LogP contribution in [-0.2, 0) is 0 Å². The van der Waals surface area contributed by atoms with Crippen LogP contribution in [0.2, 0.25) is 0 Å². The summed E-state index contributed by atoms with van der Waals surface area (Å²) < 4.78 is 0. The van der Waals surface area contributed by atoms with Crippen LogP contribution in [0, 0.1) is 0 Å². The van der Waals surface area contributed by atoms with E-state index in [0.29, 0.717) is 0 Å². The van der Waals surface area contributed by atoms with Crippen molar-refractivity contribution in [3.8, 4) is 0 Å². The molecule has 0 saturated heterocycles. The van der Waals surface area contributed by atoms with Gasteiger partial charge in [0.1, 0.15) is 14.0 Å². The van der Waals surface area contributed by atoms with Crippen LogP contribution in [0.15, 0.2) is 83.9 Å². The van der Waals surface area contributed by atoms with Crippen molar-refractivity contribution in [1.82, 2.24) is 0 Å². The van der Waals surface area contributed by atoms with E-state index in [1.165, 1.54) is 16.7 Å². The van der Waals surface area contributed by atoms with Crippen LogP contribution in [0.3, 0.4) is 0 Å². The van der Waals surface area contributed by atoms with Gasteiger partial charge in [-0.1, -0.05) is 66.2 Å². The van der Waals surface area contributed by atoms with Gasteiger partial charge in [0.2, 0.25) is 0 Å². The Kier molecular flexibility index (Phi) is 3.19. The number of para-hydroxylation sites is 1. The first-order valence-electron chi connectivity index (χ1n) is 7.65. The molecule has 106 valence electrons. The molecule has 2 aliphatic rings. The van der Waals surface area contributed by atoms with E-state index >= 15 is 0 Å². The van der Waals surface area contributed by atoms with Crippen LogP contribution in [0.1, 0.15) is 11.7 Å². The molecule has 1 aliphatic heterocycles. The number of anilines is 1. The molecule has 22 heavy (non-hydrogen) atoms. The second-order valence-electron chi connectivity index (χ2n) is 5.77. The molecule has 0 fully saturated rings. The summed E-state index contributed by atoms with van der Waals surface area (Å²) in [6, 6.07) is 19.4. The molecule has 0 saturated carbocycles. The Morgan fingerprint density at radius 1 is 0.955 bits per heavy atom. The Morgan fingerprint density at radius 2 is 1.82 bits per heavy atom. The predicted octanol–water partition coefficient (Wildman–Crippen LogP) is 2.40. The van der Waals surface area contributed by atoms with Gasteiger partial charge in [0.05, 0.1) is 11.8 Å². The molecular formula is C19H17BN2. The lowest BCUT2D eigenvalue weighted by Gasteiger charge is -2.31. The minimum Gasteiger partial charge on any atom is -0.334 e. The van der Waals surface area contributed by atoms with Crippen LogP contribution >= 0.6 is 0 Å². The quantitative estimate of drug-likeness (QED) is 0.773. The SMILES string of the molecule is Bc1cccc(C2N=C3C=CC=CC3N2c2ccccc2)c1. The molecular weight excluding hydrogens is 267 g/mol. The third-order valence-corrected chi connectivity index (χ3v) is 4.20. The van der Waals surface area contributed by atoms with Crippen molar-refractivity contribution >= 4 is 24.7 Å². The number of allylic oxidation sites excluding steroid dienone is 2. The van der Waals surface area contributed by atoms with Gasteiger partial charge in [0, 0.05) is 5.69 Å². The van der Waals surface area contributed by atoms with Crippen molar-refractivity contribution in [2.75, 3.05) is 4.90 Å². The zero-order valence-electron chi connectivity index (χ0n) is 12.6. The number of fused-ring (bicyclic) bond motifs is 1. The first-order chi connectivity index (χ1) is 10.8. The molecule has 1 aliphatic carbocycles. The van der Waals surface area contributed by atoms with Crippen LogP contribution < -0.4 is 10.4 Å². The van der Waals surface area contributed by atoms with E-state index < -0.39 is 0 Å². The van der Waals surface area contributed by atoms with Gasteiger partial charge in [-0.05, 0) is 23.8 Å². The molecule has 2 aromatic rings. The topological polar surface area (TPSA) is 15.6 Å². The lowest BCUT2D eigenvalue weighted by atomic mass is 9.93. The standard InChI is InChI=1S/C19H17BN2/c20-15-8-6-7-14(13-15)19-21-17-11-4-5-12-18(17)22(19)16-9-2-1-3-10-16/h1-13,18-19H,20H2. The molecule has 0 N–H and O–H groups in total. The van der Waals surface area contributed by atoms with Crippen molar-refractivity contribution in [2.45, 2.75) is 12.2 Å². The smallest absolute Gasteiger partial charge is 0.148 e. The van der Waals surface area contributed by atoms with Crippen molar-refractivity contribution in [2.24, 2.45) is 4.99 Å². The van der Waals surface area contributed by atoms with Crippen molar-refractivity contribution < 1.29 is 0 Å². The molecule has 3 heteroatoms. The summed E-state index contributed by atoms with van der Waals surface area (Å²) in [6.45, 7) is 0. The first kappa shape index (κ1) is 13.1. The Morgan fingerprint density at radius 3 is 2.64 bits per heavy atom. The number of rotatable bonds is 2. The Labute approximate surface area is 131 Å². The predicted molar refractivity (Wildman–Crippen MR) is 95.8 cm³/mol. The van der Waals surface area contributed by atoms with Crippen LogP contribution in [-0.4, -0.2) is 19.6 Å². The fraction of sp³-hybridized carbons (Fsp3) is 0.105. The molecule has 0 spiro atoms. The molecule has 2 unspecified atom stereocenters. The fourth-order valence-electron chi connectivity index (χ4n) is 3.20. The molecule has 2 nitrogen and oxygen atoms in total. The highest BCUT2D eigenvalue weighted by Gasteiger charge is 2.35. The van der Waals surface area contributed by atoms with Gasteiger partial charge in [-0.3, -0.25) is 4.99 Å². The van der Waals surface area contributed by atoms with E-state index in [1.807, 2.05) is 0 Å². The highest BCUT2D eigenvalue weighted by atomic mass is 15.3. The molecule has 4 rings (SSSR count). The number of benzene rings is 2. The third kappa shape index (κ3) is 2.19. The summed E-state index contributed by atoms with van der Waals surface area (Å²) >= 11 is 0. The molecule has 0 radical (unpaired) electrons. The largest absolute Gasteiger partial charge is 0.334 e. The van der Waals surface area contributed by atoms with Gasteiger partial charge in [-0.25, -0.2) is 0 Å². The molecule has 1 heterocycles. The maximum absolute atomic E-state index is 4.98. The second kappa shape index (κ2) is 5.34. The van der Waals surface area contributed by atoms with Gasteiger partial charge in [-0.15, -0.1) is 0 Å². The Balaban J connectivity index is 1.82. The summed E-state index contributed by atoms with van der Waals surface area (Å²) in [6.07, 6.45) is 8.56. The summed E-state index contributed by atoms with van der Waals surface area (Å²) in [5.74, 6) is 0. The average Bonchev–Trinajstić information content (AvgIpc) is 2.95. The maximum atomic E-state index is 4.98. The van der Waals surface area contributed by atoms with Gasteiger partial charge in [-0.2, -0.15) is 0 Å². The molecule has 0 amide bonds. The van der Waals surface area contributed by atoms with E-state index in [4.69, 9.17) is 4.99 Å². The number of aliphatic imine (C=N–C) groups is 1. The van der Waals surface area contributed by atoms with Crippen molar-refractivity contribution in [3.05, 3.63) is 84.5 Å². The Hall–Kier alpha value is -2.55. The number of hydrogen-bond acceptors (Lipinski definition) is 2. The van der Waals surface area contributed by atoms with E-state index in [9.17, 15) is 0 Å². The summed E-state index contributed by atoms with van der Waals surface area (Å²) in [5, 5.41) is 0. The minimum atomic E-state index is 0.0368. The van der Waals surface area contributed by atoms with E-state index in [-0.39, 0.29) is 12.2 Å². The van der Waals surface area contributed by atoms with E-state index in [0.717, 1.165) is 5.71 Å². The maximum Gasteiger partial charge on any atom is 0.148 e. The van der Waals surface area contributed by atoms with Gasteiger partial charge in [0.25, 0.3) is 0 Å². The first-order valence-corrected chi connectivity index (χ1v) is 7.65. The summed E-state index contributed by atoms with van der Waals surface area (Å²) in [7, 11) is 2.13. The number of nitrogens with zero attached hydrogens (tertiary/aromatic N) is 2. The van der Waals surface area contributed by atoms with Crippen molar-refractivity contribution in [1.29, 1.82) is 0 Å². The van der Waals surface area contributed by atoms with Crippen LogP contribution in [0.4, 0.5) is 5.69 Å². The van der Waals surface area contributed by atoms with E-state index in [1.54, 1.807) is 0 Å². The monoisotopic (exact) mass is 284 g/mol. The summed E-state index contributed by atoms with van der Waals surface area (Å²) in [4.78, 5) is 7.38. The molecule has 2 atom stereocenters. The minimum absolute atomic E-state index is 0.0368. The summed E-state index contributed by atoms with van der Waals surface area (Å²) in [5.41, 5.74) is 4.86. The van der Waals surface area contributed by atoms with E-state index in [2.05, 4.69) is 91.6 Å². The fourth-order valence-corrected chi connectivity index (χ4v) is 3.20. The zero-order valence-corrected chi connectivity index (χ0v) is 12.6. The highest BCUT2D eigenvalue weighted by molar-refractivity contribution is 6.32. The van der Waals surface area contributed by atoms with Gasteiger partial charge >= 0.3 is 0 Å². The molecule has 0 aromatic heterocycles. The third-order valence-electron chi connectivity index (χ3n) is 4.20. The van der Waals surface area contributed by atoms with Crippen LogP contribution in [0.25, 0.3) is 0 Å². The highest BCUT2D eigenvalue weighted by Crippen LogP contribution is 2.36. The number of hydrogen-bond donors (Lipinski definition) is 0. The van der Waals surface area contributed by atoms with Crippen molar-refractivity contribution in [3.63, 3.8) is 0 Å². The molecule has 2 aromatic carbocycles. The second-order valence-corrected chi connectivity index (χ2v) is 5.77. The van der Waals surface area contributed by atoms with Gasteiger partial charge < -0.3 is 4.90 Å². The Bertz CT molecular complexity index is 777. The van der Waals surface area contributed by atoms with Crippen LogP contribution in [0.5, 0.6) is 0 Å².